The fourth-order valence-corrected chi connectivity index (χ4v) is 0.781. The molecule has 0 unspecified atom stereocenters. The van der Waals surface area contributed by atoms with Gasteiger partial charge in [0.1, 0.15) is 24.6 Å². The van der Waals surface area contributed by atoms with Crippen LogP contribution in [0.2, 0.25) is 0 Å². The van der Waals surface area contributed by atoms with Gasteiger partial charge in [0.2, 0.25) is 0 Å². The monoisotopic (exact) mass is 166 g/mol. The zero-order valence-corrected chi connectivity index (χ0v) is 6.08. The highest BCUT2D eigenvalue weighted by Gasteiger charge is 2.04. The fraction of sp³-hybridized carbons (Fsp3) is 0.167. The second kappa shape index (κ2) is 2.74. The molecular weight excluding hydrogens is 160 g/mol. The standard InChI is InChI=1S/C6H6N4O2/c11-1-5-2-12-6(9-5)10-4-7-3-8-10/h2-4,11H,1H2. The summed E-state index contributed by atoms with van der Waals surface area (Å²) >= 11 is 0. The van der Waals surface area contributed by atoms with Crippen LogP contribution >= 0.6 is 0 Å². The molecule has 0 saturated carbocycles. The Morgan fingerprint density at radius 2 is 2.50 bits per heavy atom. The van der Waals surface area contributed by atoms with Gasteiger partial charge in [-0.15, -0.1) is 0 Å². The van der Waals surface area contributed by atoms with Crippen LogP contribution in [0.3, 0.4) is 0 Å². The lowest BCUT2D eigenvalue weighted by molar-refractivity contribution is 0.276. The minimum Gasteiger partial charge on any atom is -0.430 e. The predicted octanol–water partition coefficient (Wildman–Crippen LogP) is -0.252. The Hall–Kier alpha value is -1.69. The Labute approximate surface area is 67.5 Å². The fourth-order valence-electron chi connectivity index (χ4n) is 0.781. The maximum Gasteiger partial charge on any atom is 0.324 e. The third-order valence-corrected chi connectivity index (χ3v) is 1.32. The summed E-state index contributed by atoms with van der Waals surface area (Å²) in [5, 5.41) is 12.5. The Morgan fingerprint density at radius 3 is 3.08 bits per heavy atom. The van der Waals surface area contributed by atoms with Gasteiger partial charge in [-0.25, -0.2) is 4.98 Å². The molecule has 6 nitrogen and oxygen atoms in total. The molecule has 62 valence electrons. The third-order valence-electron chi connectivity index (χ3n) is 1.32. The van der Waals surface area contributed by atoms with Crippen LogP contribution in [0, 0.1) is 0 Å². The van der Waals surface area contributed by atoms with Crippen LogP contribution in [0.5, 0.6) is 0 Å². The van der Waals surface area contributed by atoms with Crippen molar-refractivity contribution in [3.05, 3.63) is 24.6 Å². The highest BCUT2D eigenvalue weighted by molar-refractivity contribution is 5.06. The zero-order valence-electron chi connectivity index (χ0n) is 6.08. The van der Waals surface area contributed by atoms with Crippen LogP contribution in [0.1, 0.15) is 5.69 Å². The van der Waals surface area contributed by atoms with E-state index in [9.17, 15) is 0 Å². The Kier molecular flexibility index (Phi) is 1.60. The summed E-state index contributed by atoms with van der Waals surface area (Å²) in [5.41, 5.74) is 0.473. The molecule has 0 aliphatic heterocycles. The first-order valence-corrected chi connectivity index (χ1v) is 3.30. The summed E-state index contributed by atoms with van der Waals surface area (Å²) in [4.78, 5) is 7.64. The van der Waals surface area contributed by atoms with Crippen molar-refractivity contribution in [2.75, 3.05) is 0 Å². The van der Waals surface area contributed by atoms with Gasteiger partial charge in [0.25, 0.3) is 0 Å². The predicted molar refractivity (Wildman–Crippen MR) is 37.3 cm³/mol. The zero-order chi connectivity index (χ0) is 8.39. The lowest BCUT2D eigenvalue weighted by Gasteiger charge is -1.88. The first-order valence-electron chi connectivity index (χ1n) is 3.30. The first kappa shape index (κ1) is 6.99. The van der Waals surface area contributed by atoms with Gasteiger partial charge in [-0.1, -0.05) is 0 Å². The largest absolute Gasteiger partial charge is 0.430 e. The van der Waals surface area contributed by atoms with Gasteiger partial charge in [-0.05, 0) is 0 Å². The van der Waals surface area contributed by atoms with Crippen LogP contribution in [-0.2, 0) is 6.61 Å². The number of nitrogens with zero attached hydrogens (tertiary/aromatic N) is 4. The number of hydrogen-bond acceptors (Lipinski definition) is 5. The van der Waals surface area contributed by atoms with E-state index in [1.54, 1.807) is 0 Å². The van der Waals surface area contributed by atoms with Gasteiger partial charge in [0, 0.05) is 0 Å². The number of oxazole rings is 1. The van der Waals surface area contributed by atoms with Crippen LogP contribution in [0.15, 0.2) is 23.3 Å². The number of rotatable bonds is 2. The normalized spacial score (nSPS) is 10.4. The van der Waals surface area contributed by atoms with Gasteiger partial charge >= 0.3 is 6.01 Å². The number of hydrogen-bond donors (Lipinski definition) is 1. The van der Waals surface area contributed by atoms with Crippen molar-refractivity contribution in [2.45, 2.75) is 6.61 Å². The summed E-state index contributed by atoms with van der Waals surface area (Å²) in [7, 11) is 0. The first-order chi connectivity index (χ1) is 5.90. The van der Waals surface area contributed by atoms with Crippen molar-refractivity contribution in [1.82, 2.24) is 19.7 Å². The van der Waals surface area contributed by atoms with E-state index in [0.29, 0.717) is 11.7 Å². The molecule has 12 heavy (non-hydrogen) atoms. The molecule has 6 heteroatoms. The van der Waals surface area contributed by atoms with Gasteiger partial charge in [0.15, 0.2) is 0 Å². The molecule has 0 aliphatic rings. The van der Waals surface area contributed by atoms with Crippen LogP contribution < -0.4 is 0 Å². The van der Waals surface area contributed by atoms with Gasteiger partial charge in [0.05, 0.1) is 6.61 Å². The number of aliphatic hydroxyl groups excluding tert-OH is 1. The maximum atomic E-state index is 8.68. The molecule has 1 N–H and O–H groups in total. The molecule has 0 saturated heterocycles. The SMILES string of the molecule is OCc1coc(-n2cncn2)n1. The van der Waals surface area contributed by atoms with E-state index in [1.807, 2.05) is 0 Å². The number of aromatic nitrogens is 4. The van der Waals surface area contributed by atoms with E-state index < -0.39 is 0 Å². The minimum absolute atomic E-state index is 0.141. The summed E-state index contributed by atoms with van der Waals surface area (Å²) in [5.74, 6) is 0. The molecule has 0 fully saturated rings. The van der Waals surface area contributed by atoms with E-state index in [0.717, 1.165) is 0 Å². The molecule has 2 rings (SSSR count). The van der Waals surface area contributed by atoms with Crippen LogP contribution in [0.25, 0.3) is 6.01 Å². The summed E-state index contributed by atoms with van der Waals surface area (Å²) in [6, 6.07) is 0.302. The highest BCUT2D eigenvalue weighted by Crippen LogP contribution is 2.04. The summed E-state index contributed by atoms with van der Waals surface area (Å²) in [6.07, 6.45) is 4.22. The second-order valence-electron chi connectivity index (χ2n) is 2.12. The van der Waals surface area contributed by atoms with Crippen LogP contribution in [-0.4, -0.2) is 24.9 Å². The molecule has 0 bridgehead atoms. The molecule has 2 aromatic rings. The van der Waals surface area contributed by atoms with E-state index in [1.165, 1.54) is 23.6 Å². The van der Waals surface area contributed by atoms with Crippen molar-refractivity contribution in [1.29, 1.82) is 0 Å². The van der Waals surface area contributed by atoms with Crippen molar-refractivity contribution in [2.24, 2.45) is 0 Å². The molecular formula is C6H6N4O2. The molecule has 2 aromatic heterocycles. The Bertz CT molecular complexity index is 353. The van der Waals surface area contributed by atoms with E-state index >= 15 is 0 Å². The topological polar surface area (TPSA) is 77.0 Å². The van der Waals surface area contributed by atoms with Gasteiger partial charge in [-0.3, -0.25) is 0 Å². The average Bonchev–Trinajstić information content (AvgIpc) is 2.75. The highest BCUT2D eigenvalue weighted by atomic mass is 16.4. The molecule has 0 aromatic carbocycles. The van der Waals surface area contributed by atoms with Crippen molar-refractivity contribution >= 4 is 0 Å². The Balaban J connectivity index is 2.35. The second-order valence-corrected chi connectivity index (χ2v) is 2.12. The van der Waals surface area contributed by atoms with E-state index in [2.05, 4.69) is 15.1 Å². The molecule has 2 heterocycles. The third kappa shape index (κ3) is 1.08. The van der Waals surface area contributed by atoms with E-state index in [-0.39, 0.29) is 6.61 Å². The van der Waals surface area contributed by atoms with Gasteiger partial charge < -0.3 is 9.52 Å². The van der Waals surface area contributed by atoms with Crippen molar-refractivity contribution < 1.29 is 9.52 Å². The lowest BCUT2D eigenvalue weighted by atomic mass is 10.5. The summed E-state index contributed by atoms with van der Waals surface area (Å²) in [6.45, 7) is -0.141. The molecule has 0 amide bonds. The minimum atomic E-state index is -0.141. The van der Waals surface area contributed by atoms with Crippen molar-refractivity contribution in [3.8, 4) is 6.01 Å². The smallest absolute Gasteiger partial charge is 0.324 e. The lowest BCUT2D eigenvalue weighted by Crippen LogP contribution is -1.94. The van der Waals surface area contributed by atoms with Crippen LogP contribution in [0.4, 0.5) is 0 Å². The maximum absolute atomic E-state index is 8.68. The molecule has 0 spiro atoms. The number of aliphatic hydroxyl groups is 1. The molecule has 0 aliphatic carbocycles. The summed E-state index contributed by atoms with van der Waals surface area (Å²) < 4.78 is 6.36. The van der Waals surface area contributed by atoms with Crippen molar-refractivity contribution in [3.63, 3.8) is 0 Å². The van der Waals surface area contributed by atoms with Gasteiger partial charge in [-0.2, -0.15) is 14.8 Å². The Morgan fingerprint density at radius 1 is 1.58 bits per heavy atom. The quantitative estimate of drug-likeness (QED) is 0.665. The molecule has 0 radical (unpaired) electrons. The van der Waals surface area contributed by atoms with E-state index in [4.69, 9.17) is 9.52 Å². The average molecular weight is 166 g/mol. The molecule has 0 atom stereocenters.